The molecule has 0 bridgehead atoms. The summed E-state index contributed by atoms with van der Waals surface area (Å²) >= 11 is 2.84. The maximum Gasteiger partial charge on any atom is 0.263 e. The third-order valence-electron chi connectivity index (χ3n) is 3.90. The molecule has 0 saturated heterocycles. The Morgan fingerprint density at radius 1 is 1.40 bits per heavy atom. The summed E-state index contributed by atoms with van der Waals surface area (Å²) in [5, 5.41) is 4.15. The molecule has 25 heavy (non-hydrogen) atoms. The van der Waals surface area contributed by atoms with Crippen LogP contribution in [0.15, 0.2) is 9.95 Å². The van der Waals surface area contributed by atoms with E-state index in [9.17, 15) is 9.59 Å². The SMILES string of the molecule is COCCCNC(=O)CSc1nc2sc(C)c(C)c2c(=O)n1C(C)C. The molecule has 0 spiro atoms. The first-order chi connectivity index (χ1) is 11.9. The van der Waals surface area contributed by atoms with Crippen LogP contribution in [0.4, 0.5) is 0 Å². The Kier molecular flexibility index (Phi) is 7.04. The van der Waals surface area contributed by atoms with E-state index in [4.69, 9.17) is 4.74 Å². The van der Waals surface area contributed by atoms with Gasteiger partial charge in [-0.05, 0) is 39.7 Å². The highest BCUT2D eigenvalue weighted by Gasteiger charge is 2.19. The van der Waals surface area contributed by atoms with Gasteiger partial charge in [-0.25, -0.2) is 4.98 Å². The first-order valence-corrected chi connectivity index (χ1v) is 10.1. The molecule has 8 heteroatoms. The van der Waals surface area contributed by atoms with Gasteiger partial charge in [0.2, 0.25) is 5.91 Å². The van der Waals surface area contributed by atoms with Crippen molar-refractivity contribution in [3.63, 3.8) is 0 Å². The first kappa shape index (κ1) is 19.9. The monoisotopic (exact) mass is 383 g/mol. The van der Waals surface area contributed by atoms with Crippen LogP contribution in [-0.4, -0.2) is 41.5 Å². The van der Waals surface area contributed by atoms with E-state index in [1.807, 2.05) is 27.7 Å². The summed E-state index contributed by atoms with van der Waals surface area (Å²) in [7, 11) is 1.64. The van der Waals surface area contributed by atoms with E-state index >= 15 is 0 Å². The number of hydrogen-bond donors (Lipinski definition) is 1. The maximum atomic E-state index is 12.9. The van der Waals surface area contributed by atoms with Gasteiger partial charge in [-0.15, -0.1) is 11.3 Å². The molecular formula is C17H25N3O3S2. The summed E-state index contributed by atoms with van der Waals surface area (Å²) in [5.41, 5.74) is 0.976. The molecule has 1 N–H and O–H groups in total. The van der Waals surface area contributed by atoms with E-state index in [0.717, 1.165) is 21.7 Å². The van der Waals surface area contributed by atoms with Crippen molar-refractivity contribution in [1.82, 2.24) is 14.9 Å². The number of thiophene rings is 1. The molecule has 0 radical (unpaired) electrons. The molecule has 1 amide bonds. The van der Waals surface area contributed by atoms with Crippen molar-refractivity contribution in [3.8, 4) is 0 Å². The standard InChI is InChI=1S/C17H25N3O3S2/c1-10(2)20-16(22)14-11(3)12(4)25-15(14)19-17(20)24-9-13(21)18-7-6-8-23-5/h10H,6-9H2,1-5H3,(H,18,21). The van der Waals surface area contributed by atoms with Crippen molar-refractivity contribution in [3.05, 3.63) is 20.8 Å². The molecule has 0 aliphatic rings. The molecule has 0 unspecified atom stereocenters. The van der Waals surface area contributed by atoms with Crippen LogP contribution in [0.2, 0.25) is 0 Å². The van der Waals surface area contributed by atoms with Gasteiger partial charge in [-0.2, -0.15) is 0 Å². The summed E-state index contributed by atoms with van der Waals surface area (Å²) in [6.45, 7) is 9.08. The Morgan fingerprint density at radius 3 is 2.76 bits per heavy atom. The molecule has 0 fully saturated rings. The Bertz CT molecular complexity index is 812. The van der Waals surface area contributed by atoms with Crippen molar-refractivity contribution in [2.75, 3.05) is 26.0 Å². The van der Waals surface area contributed by atoms with E-state index < -0.39 is 0 Å². The number of fused-ring (bicyclic) bond motifs is 1. The van der Waals surface area contributed by atoms with Gasteiger partial charge in [-0.3, -0.25) is 14.2 Å². The fourth-order valence-electron chi connectivity index (χ4n) is 2.47. The average Bonchev–Trinajstić information content (AvgIpc) is 2.84. The number of hydrogen-bond acceptors (Lipinski definition) is 6. The minimum atomic E-state index is -0.0655. The van der Waals surface area contributed by atoms with Gasteiger partial charge in [0.05, 0.1) is 11.1 Å². The Labute approximate surface area is 156 Å². The van der Waals surface area contributed by atoms with Crippen molar-refractivity contribution in [2.24, 2.45) is 0 Å². The van der Waals surface area contributed by atoms with Gasteiger partial charge in [0.15, 0.2) is 5.16 Å². The van der Waals surface area contributed by atoms with Gasteiger partial charge in [0.25, 0.3) is 5.56 Å². The van der Waals surface area contributed by atoms with E-state index in [-0.39, 0.29) is 23.3 Å². The quantitative estimate of drug-likeness (QED) is 0.431. The second-order valence-corrected chi connectivity index (χ2v) is 8.26. The van der Waals surface area contributed by atoms with Crippen LogP contribution in [0.5, 0.6) is 0 Å². The minimum Gasteiger partial charge on any atom is -0.385 e. The lowest BCUT2D eigenvalue weighted by molar-refractivity contribution is -0.118. The maximum absolute atomic E-state index is 12.9. The van der Waals surface area contributed by atoms with Crippen molar-refractivity contribution in [2.45, 2.75) is 45.3 Å². The molecule has 0 aliphatic carbocycles. The summed E-state index contributed by atoms with van der Waals surface area (Å²) < 4.78 is 6.64. The molecule has 2 aromatic heterocycles. The Balaban J connectivity index is 2.21. The summed E-state index contributed by atoms with van der Waals surface area (Å²) in [6, 6.07) is -0.0173. The molecule has 0 aliphatic heterocycles. The van der Waals surface area contributed by atoms with Crippen LogP contribution in [0.25, 0.3) is 10.2 Å². The largest absolute Gasteiger partial charge is 0.385 e. The smallest absolute Gasteiger partial charge is 0.263 e. The minimum absolute atomic E-state index is 0.0173. The van der Waals surface area contributed by atoms with E-state index in [1.165, 1.54) is 23.1 Å². The fourth-order valence-corrected chi connectivity index (χ4v) is 4.50. The third-order valence-corrected chi connectivity index (χ3v) is 5.95. The highest BCUT2D eigenvalue weighted by Crippen LogP contribution is 2.29. The van der Waals surface area contributed by atoms with Crippen molar-refractivity contribution < 1.29 is 9.53 Å². The van der Waals surface area contributed by atoms with Crippen molar-refractivity contribution >= 4 is 39.2 Å². The molecule has 2 heterocycles. The van der Waals surface area contributed by atoms with Gasteiger partial charge < -0.3 is 10.1 Å². The van der Waals surface area contributed by atoms with Crippen LogP contribution in [0.3, 0.4) is 0 Å². The van der Waals surface area contributed by atoms with Crippen LogP contribution >= 0.6 is 23.1 Å². The molecule has 2 aromatic rings. The zero-order valence-corrected chi connectivity index (χ0v) is 17.0. The number of nitrogens with zero attached hydrogens (tertiary/aromatic N) is 2. The zero-order chi connectivity index (χ0) is 18.6. The van der Waals surface area contributed by atoms with Gasteiger partial charge in [0, 0.05) is 31.2 Å². The predicted molar refractivity (Wildman–Crippen MR) is 104 cm³/mol. The van der Waals surface area contributed by atoms with Crippen LogP contribution in [-0.2, 0) is 9.53 Å². The number of nitrogens with one attached hydrogen (secondary N) is 1. The number of carbonyl (C=O) groups is 1. The highest BCUT2D eigenvalue weighted by atomic mass is 32.2. The number of rotatable bonds is 8. The van der Waals surface area contributed by atoms with Gasteiger partial charge in [0.1, 0.15) is 4.83 Å². The normalized spacial score (nSPS) is 11.4. The first-order valence-electron chi connectivity index (χ1n) is 8.27. The molecular weight excluding hydrogens is 358 g/mol. The summed E-state index contributed by atoms with van der Waals surface area (Å²) in [6.07, 6.45) is 0.779. The molecule has 0 saturated carbocycles. The lowest BCUT2D eigenvalue weighted by Crippen LogP contribution is -2.28. The average molecular weight is 384 g/mol. The van der Waals surface area contributed by atoms with Gasteiger partial charge in [-0.1, -0.05) is 11.8 Å². The highest BCUT2D eigenvalue weighted by molar-refractivity contribution is 7.99. The number of thioether (sulfide) groups is 1. The predicted octanol–water partition coefficient (Wildman–Crippen LogP) is 2.90. The molecule has 2 rings (SSSR count). The number of ether oxygens (including phenoxy) is 1. The van der Waals surface area contributed by atoms with Crippen LogP contribution in [0, 0.1) is 13.8 Å². The molecule has 0 aromatic carbocycles. The number of methoxy groups -OCH3 is 1. The van der Waals surface area contributed by atoms with Crippen LogP contribution in [0.1, 0.15) is 36.8 Å². The second-order valence-electron chi connectivity index (χ2n) is 6.11. The van der Waals surface area contributed by atoms with E-state index in [1.54, 1.807) is 11.7 Å². The number of aromatic nitrogens is 2. The Morgan fingerprint density at radius 2 is 2.12 bits per heavy atom. The second kappa shape index (κ2) is 8.82. The number of aryl methyl sites for hydroxylation is 2. The van der Waals surface area contributed by atoms with Gasteiger partial charge >= 0.3 is 0 Å². The van der Waals surface area contributed by atoms with E-state index in [0.29, 0.717) is 23.7 Å². The topological polar surface area (TPSA) is 73.2 Å². The lowest BCUT2D eigenvalue weighted by Gasteiger charge is -2.15. The van der Waals surface area contributed by atoms with Crippen molar-refractivity contribution in [1.29, 1.82) is 0 Å². The Hall–Kier alpha value is -1.38. The number of carbonyl (C=O) groups excluding carboxylic acids is 1. The van der Waals surface area contributed by atoms with E-state index in [2.05, 4.69) is 10.3 Å². The lowest BCUT2D eigenvalue weighted by atomic mass is 10.2. The summed E-state index contributed by atoms with van der Waals surface area (Å²) in [4.78, 5) is 31.4. The van der Waals surface area contributed by atoms with Crippen LogP contribution < -0.4 is 10.9 Å². The summed E-state index contributed by atoms with van der Waals surface area (Å²) in [5.74, 6) is 0.172. The third kappa shape index (κ3) is 4.62. The molecule has 138 valence electrons. The molecule has 0 atom stereocenters. The molecule has 6 nitrogen and oxygen atoms in total. The number of amides is 1. The zero-order valence-electron chi connectivity index (χ0n) is 15.3. The fraction of sp³-hybridized carbons (Fsp3) is 0.588.